The number of para-hydroxylation sites is 2. The predicted molar refractivity (Wildman–Crippen MR) is 202 cm³/mol. The van der Waals surface area contributed by atoms with E-state index in [1.54, 1.807) is 0 Å². The van der Waals surface area contributed by atoms with E-state index in [9.17, 15) is 0 Å². The first-order valence-electron chi connectivity index (χ1n) is 17.2. The third kappa shape index (κ3) is 2.52. The maximum Gasteiger partial charge on any atom is 0.0620 e. The molecule has 0 N–H and O–H groups in total. The van der Waals surface area contributed by atoms with Crippen LogP contribution >= 0.6 is 0 Å². The number of benzene rings is 7. The Balaban J connectivity index is 1.25. The minimum atomic E-state index is 1.01. The van der Waals surface area contributed by atoms with Gasteiger partial charge in [0.05, 0.1) is 33.1 Å². The summed E-state index contributed by atoms with van der Waals surface area (Å²) in [4.78, 5) is 0. The second-order valence-corrected chi connectivity index (χ2v) is 14.5. The molecule has 7 aromatic carbocycles. The van der Waals surface area contributed by atoms with Crippen molar-refractivity contribution in [1.82, 2.24) is 8.80 Å². The van der Waals surface area contributed by atoms with E-state index in [2.05, 4.69) is 132 Å². The summed E-state index contributed by atoms with van der Waals surface area (Å²) in [6.45, 7) is 4.76. The van der Waals surface area contributed by atoms with Gasteiger partial charge in [0.15, 0.2) is 0 Å². The third-order valence-corrected chi connectivity index (χ3v) is 12.3. The lowest BCUT2D eigenvalue weighted by molar-refractivity contribution is 1.26. The van der Waals surface area contributed by atoms with E-state index in [0.29, 0.717) is 0 Å². The Labute approximate surface area is 275 Å². The Hall–Kier alpha value is -5.86. The molecule has 0 spiro atoms. The van der Waals surface area contributed by atoms with Crippen LogP contribution in [0.15, 0.2) is 109 Å². The second kappa shape index (κ2) is 7.81. The van der Waals surface area contributed by atoms with Crippen LogP contribution in [0.3, 0.4) is 0 Å². The topological polar surface area (TPSA) is 8.82 Å². The summed E-state index contributed by atoms with van der Waals surface area (Å²) in [5, 5.41) is 11.0. The van der Waals surface area contributed by atoms with Crippen molar-refractivity contribution >= 4 is 76.2 Å². The molecule has 13 rings (SSSR count). The first-order valence-corrected chi connectivity index (χ1v) is 17.2. The average Bonchev–Trinajstić information content (AvgIpc) is 3.94. The van der Waals surface area contributed by atoms with E-state index in [-0.39, 0.29) is 0 Å². The molecule has 0 saturated heterocycles. The van der Waals surface area contributed by atoms with Crippen LogP contribution < -0.4 is 0 Å². The van der Waals surface area contributed by atoms with Crippen molar-refractivity contribution in [3.63, 3.8) is 0 Å². The number of rotatable bonds is 0. The van der Waals surface area contributed by atoms with Crippen LogP contribution in [0, 0.1) is 13.8 Å². The molecule has 4 heterocycles. The van der Waals surface area contributed by atoms with Crippen LogP contribution in [0.2, 0.25) is 0 Å². The number of aromatic nitrogens is 2. The molecule has 2 heteroatoms. The van der Waals surface area contributed by atoms with Crippen LogP contribution in [0.4, 0.5) is 0 Å². The van der Waals surface area contributed by atoms with Crippen molar-refractivity contribution in [2.45, 2.75) is 26.7 Å². The highest BCUT2D eigenvalue weighted by Gasteiger charge is 2.29. The summed E-state index contributed by atoms with van der Waals surface area (Å²) in [5.41, 5.74) is 22.1. The van der Waals surface area contributed by atoms with Crippen molar-refractivity contribution in [1.29, 1.82) is 0 Å². The average molecular weight is 609 g/mol. The zero-order valence-electron chi connectivity index (χ0n) is 26.7. The Morgan fingerprint density at radius 1 is 0.375 bits per heavy atom. The molecule has 0 fully saturated rings. The van der Waals surface area contributed by atoms with Crippen LogP contribution in [0.1, 0.15) is 33.4 Å². The highest BCUT2D eigenvalue weighted by atomic mass is 14.9. The lowest BCUT2D eigenvalue weighted by Gasteiger charge is -2.11. The maximum atomic E-state index is 2.62. The molecule has 0 unspecified atom stereocenters. The molecule has 0 bridgehead atoms. The van der Waals surface area contributed by atoms with Gasteiger partial charge in [-0.25, -0.2) is 0 Å². The van der Waals surface area contributed by atoms with E-state index in [1.807, 2.05) is 0 Å². The van der Waals surface area contributed by atoms with Gasteiger partial charge in [-0.2, -0.15) is 0 Å². The number of aryl methyl sites for hydroxylation is 2. The summed E-state index contributed by atoms with van der Waals surface area (Å²) in [6, 6.07) is 41.8. The molecule has 0 radical (unpaired) electrons. The van der Waals surface area contributed by atoms with Gasteiger partial charge in [-0.05, 0) is 107 Å². The van der Waals surface area contributed by atoms with Gasteiger partial charge in [0, 0.05) is 43.1 Å². The third-order valence-electron chi connectivity index (χ3n) is 12.3. The largest absolute Gasteiger partial charge is 0.308 e. The number of nitrogens with zero attached hydrogens (tertiary/aromatic N) is 2. The zero-order chi connectivity index (χ0) is 31.2. The normalized spacial score (nSPS) is 13.9. The molecule has 222 valence electrons. The smallest absolute Gasteiger partial charge is 0.0620 e. The Morgan fingerprint density at radius 3 is 1.33 bits per heavy atom. The summed E-state index contributed by atoms with van der Waals surface area (Å²) in [7, 11) is 0. The quantitative estimate of drug-likeness (QED) is 0.162. The summed E-state index contributed by atoms with van der Waals surface area (Å²) in [5.74, 6) is 0. The summed E-state index contributed by atoms with van der Waals surface area (Å²) >= 11 is 0. The van der Waals surface area contributed by atoms with Gasteiger partial charge in [0.25, 0.3) is 0 Å². The minimum absolute atomic E-state index is 1.01. The van der Waals surface area contributed by atoms with Crippen molar-refractivity contribution in [2.75, 3.05) is 0 Å². The van der Waals surface area contributed by atoms with Crippen molar-refractivity contribution in [2.24, 2.45) is 0 Å². The molecule has 4 aromatic heterocycles. The Bertz CT molecular complexity index is 3070. The maximum absolute atomic E-state index is 2.62. The fourth-order valence-electron chi connectivity index (χ4n) is 10.4. The van der Waals surface area contributed by atoms with Gasteiger partial charge in [-0.1, -0.05) is 84.9 Å². The monoisotopic (exact) mass is 608 g/mol. The summed E-state index contributed by atoms with van der Waals surface area (Å²) in [6.07, 6.45) is 2.03. The molecule has 0 amide bonds. The van der Waals surface area contributed by atoms with E-state index >= 15 is 0 Å². The number of fused-ring (bicyclic) bond motifs is 18. The van der Waals surface area contributed by atoms with Gasteiger partial charge >= 0.3 is 0 Å². The van der Waals surface area contributed by atoms with E-state index in [1.165, 1.54) is 132 Å². The minimum Gasteiger partial charge on any atom is -0.308 e. The molecule has 0 saturated carbocycles. The first-order chi connectivity index (χ1) is 23.7. The molecule has 48 heavy (non-hydrogen) atoms. The highest BCUT2D eigenvalue weighted by molar-refractivity contribution is 6.31. The van der Waals surface area contributed by atoms with E-state index < -0.39 is 0 Å². The van der Waals surface area contributed by atoms with Crippen molar-refractivity contribution in [3.8, 4) is 22.3 Å². The lowest BCUT2D eigenvalue weighted by atomic mass is 9.96. The Kier molecular flexibility index (Phi) is 3.96. The molecule has 0 atom stereocenters. The van der Waals surface area contributed by atoms with Crippen LogP contribution in [0.5, 0.6) is 0 Å². The lowest BCUT2D eigenvalue weighted by Crippen LogP contribution is -1.92. The zero-order valence-corrected chi connectivity index (χ0v) is 26.7. The highest BCUT2D eigenvalue weighted by Crippen LogP contribution is 2.50. The van der Waals surface area contributed by atoms with E-state index in [4.69, 9.17) is 0 Å². The van der Waals surface area contributed by atoms with Gasteiger partial charge in [-0.15, -0.1) is 0 Å². The van der Waals surface area contributed by atoms with E-state index in [0.717, 1.165) is 12.8 Å². The molecular formula is C46H28N2. The molecule has 2 nitrogen and oxygen atoms in total. The standard InChI is InChI=1S/C46H28N2/c1-23-41-33-15-7-13-31-37-19-27-17-25-9-3-5-11-29(25)35(27)21-39(37)47(45(31)33)43(41)24(2)44-42(23)34-16-8-14-32-38-20-28-18-26-10-4-6-12-30(26)36(28)22-40(38)48(44)46(32)34/h3-16,19-22H,17-18H2,1-2H3. The SMILES string of the molecule is Cc1c2c3cccc4c5cc6c(cc5n(c2c(C)c2c1c1cccc5c7cc8c(cc7n2c51)-c1ccccc1C8)c43)-c1ccccc1C6. The number of hydrogen-bond donors (Lipinski definition) is 0. The molecule has 11 aromatic rings. The van der Waals surface area contributed by atoms with Gasteiger partial charge < -0.3 is 8.80 Å². The van der Waals surface area contributed by atoms with Crippen LogP contribution in [-0.2, 0) is 12.8 Å². The first kappa shape index (κ1) is 24.3. The molecule has 2 aliphatic carbocycles. The number of hydrogen-bond acceptors (Lipinski definition) is 0. The summed E-state index contributed by atoms with van der Waals surface area (Å²) < 4.78 is 5.25. The van der Waals surface area contributed by atoms with Crippen LogP contribution in [0.25, 0.3) is 98.4 Å². The fourth-order valence-corrected chi connectivity index (χ4v) is 10.4. The van der Waals surface area contributed by atoms with Gasteiger partial charge in [0.2, 0.25) is 0 Å². The Morgan fingerprint density at radius 2 is 0.833 bits per heavy atom. The van der Waals surface area contributed by atoms with Crippen LogP contribution in [-0.4, -0.2) is 8.80 Å². The second-order valence-electron chi connectivity index (χ2n) is 14.5. The molecule has 0 aliphatic heterocycles. The van der Waals surface area contributed by atoms with Crippen molar-refractivity contribution in [3.05, 3.63) is 143 Å². The molecular weight excluding hydrogens is 581 g/mol. The van der Waals surface area contributed by atoms with Gasteiger partial charge in [0.1, 0.15) is 0 Å². The predicted octanol–water partition coefficient (Wildman–Crippen LogP) is 11.7. The van der Waals surface area contributed by atoms with Gasteiger partial charge in [-0.3, -0.25) is 0 Å². The molecule has 2 aliphatic rings. The fraction of sp³-hybridized carbons (Fsp3) is 0.0870. The van der Waals surface area contributed by atoms with Crippen molar-refractivity contribution < 1.29 is 0 Å².